The van der Waals surface area contributed by atoms with Gasteiger partial charge in [-0.15, -0.1) is 0 Å². The van der Waals surface area contributed by atoms with Gasteiger partial charge in [0.2, 0.25) is 0 Å². The van der Waals surface area contributed by atoms with Crippen molar-refractivity contribution in [2.45, 2.75) is 53.0 Å². The Morgan fingerprint density at radius 3 is 1.83 bits per heavy atom. The molecular formula is C11H25N. The van der Waals surface area contributed by atoms with Crippen LogP contribution in [0.5, 0.6) is 0 Å². The van der Waals surface area contributed by atoms with E-state index in [1.165, 1.54) is 25.8 Å². The first-order chi connectivity index (χ1) is 5.65. The van der Waals surface area contributed by atoms with Crippen molar-refractivity contribution < 1.29 is 0 Å². The van der Waals surface area contributed by atoms with Crippen molar-refractivity contribution in [1.29, 1.82) is 0 Å². The standard InChI is InChI=1S/C11H25N/c1-6-10(4)12(5)9-11(7-2)8-3/h10-11H,6-9H2,1-5H3. The van der Waals surface area contributed by atoms with Crippen molar-refractivity contribution >= 4 is 0 Å². The molecule has 1 atom stereocenters. The minimum atomic E-state index is 0.741. The molecule has 0 aliphatic heterocycles. The summed E-state index contributed by atoms with van der Waals surface area (Å²) in [5.74, 6) is 0.893. The Kier molecular flexibility index (Phi) is 6.45. The summed E-state index contributed by atoms with van der Waals surface area (Å²) < 4.78 is 0. The van der Waals surface area contributed by atoms with Gasteiger partial charge in [0, 0.05) is 12.6 Å². The van der Waals surface area contributed by atoms with Crippen LogP contribution in [0, 0.1) is 5.92 Å². The fourth-order valence-electron chi connectivity index (χ4n) is 1.45. The van der Waals surface area contributed by atoms with Crippen LogP contribution in [0.3, 0.4) is 0 Å². The van der Waals surface area contributed by atoms with Crippen LogP contribution in [-0.2, 0) is 0 Å². The third kappa shape index (κ3) is 4.10. The summed E-state index contributed by atoms with van der Waals surface area (Å²) in [6.07, 6.45) is 3.89. The summed E-state index contributed by atoms with van der Waals surface area (Å²) in [5.41, 5.74) is 0. The third-order valence-corrected chi connectivity index (χ3v) is 3.04. The lowest BCUT2D eigenvalue weighted by Crippen LogP contribution is -2.32. The van der Waals surface area contributed by atoms with Gasteiger partial charge in [0.05, 0.1) is 0 Å². The highest BCUT2D eigenvalue weighted by Crippen LogP contribution is 2.11. The highest BCUT2D eigenvalue weighted by molar-refractivity contribution is 4.65. The molecule has 0 N–H and O–H groups in total. The molecule has 0 aromatic heterocycles. The molecule has 0 amide bonds. The van der Waals surface area contributed by atoms with Gasteiger partial charge in [-0.25, -0.2) is 0 Å². The zero-order valence-corrected chi connectivity index (χ0v) is 9.43. The van der Waals surface area contributed by atoms with E-state index in [-0.39, 0.29) is 0 Å². The molecule has 0 rings (SSSR count). The van der Waals surface area contributed by atoms with Crippen LogP contribution in [0.25, 0.3) is 0 Å². The van der Waals surface area contributed by atoms with Crippen LogP contribution >= 0.6 is 0 Å². The van der Waals surface area contributed by atoms with Gasteiger partial charge in [0.1, 0.15) is 0 Å². The maximum atomic E-state index is 2.48. The molecule has 0 spiro atoms. The minimum absolute atomic E-state index is 0.741. The van der Waals surface area contributed by atoms with Crippen LogP contribution in [0.15, 0.2) is 0 Å². The highest BCUT2D eigenvalue weighted by Gasteiger charge is 2.11. The van der Waals surface area contributed by atoms with Gasteiger partial charge in [0.15, 0.2) is 0 Å². The van der Waals surface area contributed by atoms with E-state index in [0.29, 0.717) is 0 Å². The van der Waals surface area contributed by atoms with E-state index in [9.17, 15) is 0 Å². The number of nitrogens with zero attached hydrogens (tertiary/aromatic N) is 1. The number of hydrogen-bond acceptors (Lipinski definition) is 1. The molecule has 1 unspecified atom stereocenters. The van der Waals surface area contributed by atoms with Crippen LogP contribution in [0.4, 0.5) is 0 Å². The van der Waals surface area contributed by atoms with Crippen molar-refractivity contribution in [2.24, 2.45) is 5.92 Å². The second-order valence-electron chi connectivity index (χ2n) is 3.88. The largest absolute Gasteiger partial charge is 0.303 e. The zero-order valence-electron chi connectivity index (χ0n) is 9.43. The summed E-state index contributed by atoms with van der Waals surface area (Å²) in [6.45, 7) is 10.4. The first-order valence-corrected chi connectivity index (χ1v) is 5.35. The Bertz CT molecular complexity index is 97.2. The van der Waals surface area contributed by atoms with Crippen LogP contribution in [0.1, 0.15) is 47.0 Å². The van der Waals surface area contributed by atoms with E-state index in [0.717, 1.165) is 12.0 Å². The van der Waals surface area contributed by atoms with Gasteiger partial charge >= 0.3 is 0 Å². The maximum absolute atomic E-state index is 2.48. The molecule has 74 valence electrons. The lowest BCUT2D eigenvalue weighted by atomic mass is 10.0. The monoisotopic (exact) mass is 171 g/mol. The van der Waals surface area contributed by atoms with Gasteiger partial charge in [-0.3, -0.25) is 0 Å². The molecule has 0 aromatic rings. The molecule has 12 heavy (non-hydrogen) atoms. The van der Waals surface area contributed by atoms with Crippen molar-refractivity contribution in [3.05, 3.63) is 0 Å². The van der Waals surface area contributed by atoms with Gasteiger partial charge in [-0.05, 0) is 26.3 Å². The predicted octanol–water partition coefficient (Wildman–Crippen LogP) is 3.15. The third-order valence-electron chi connectivity index (χ3n) is 3.04. The number of rotatable bonds is 6. The Morgan fingerprint density at radius 2 is 1.50 bits per heavy atom. The SMILES string of the molecule is CCC(CC)CN(C)C(C)CC. The predicted molar refractivity (Wildman–Crippen MR) is 56.5 cm³/mol. The fourth-order valence-corrected chi connectivity index (χ4v) is 1.45. The second-order valence-corrected chi connectivity index (χ2v) is 3.88. The Balaban J connectivity index is 3.72. The molecule has 0 aliphatic carbocycles. The van der Waals surface area contributed by atoms with Crippen LogP contribution < -0.4 is 0 Å². The average Bonchev–Trinajstić information content (AvgIpc) is 2.12. The van der Waals surface area contributed by atoms with Crippen LogP contribution in [-0.4, -0.2) is 24.5 Å². The molecule has 1 heteroatoms. The number of hydrogen-bond donors (Lipinski definition) is 0. The average molecular weight is 171 g/mol. The summed E-state index contributed by atoms with van der Waals surface area (Å²) >= 11 is 0. The second kappa shape index (κ2) is 6.47. The van der Waals surface area contributed by atoms with Crippen molar-refractivity contribution in [1.82, 2.24) is 4.90 Å². The first kappa shape index (κ1) is 12.0. The first-order valence-electron chi connectivity index (χ1n) is 5.35. The molecular weight excluding hydrogens is 146 g/mol. The zero-order chi connectivity index (χ0) is 9.56. The smallest absolute Gasteiger partial charge is 0.00613 e. The quantitative estimate of drug-likeness (QED) is 0.593. The molecule has 1 nitrogen and oxygen atoms in total. The van der Waals surface area contributed by atoms with E-state index in [1.54, 1.807) is 0 Å². The molecule has 0 radical (unpaired) electrons. The Morgan fingerprint density at radius 1 is 1.00 bits per heavy atom. The van der Waals surface area contributed by atoms with E-state index >= 15 is 0 Å². The summed E-state index contributed by atoms with van der Waals surface area (Å²) in [4.78, 5) is 2.48. The summed E-state index contributed by atoms with van der Waals surface area (Å²) in [5, 5.41) is 0. The molecule has 0 bridgehead atoms. The summed E-state index contributed by atoms with van der Waals surface area (Å²) in [6, 6.07) is 0.741. The van der Waals surface area contributed by atoms with E-state index in [4.69, 9.17) is 0 Å². The van der Waals surface area contributed by atoms with Crippen molar-refractivity contribution in [2.75, 3.05) is 13.6 Å². The Hall–Kier alpha value is -0.0400. The lowest BCUT2D eigenvalue weighted by molar-refractivity contribution is 0.207. The molecule has 0 heterocycles. The topological polar surface area (TPSA) is 3.24 Å². The minimum Gasteiger partial charge on any atom is -0.303 e. The maximum Gasteiger partial charge on any atom is 0.00613 e. The molecule has 0 aliphatic rings. The fraction of sp³-hybridized carbons (Fsp3) is 1.00. The van der Waals surface area contributed by atoms with Crippen LogP contribution in [0.2, 0.25) is 0 Å². The van der Waals surface area contributed by atoms with E-state index in [2.05, 4.69) is 39.6 Å². The van der Waals surface area contributed by atoms with Gasteiger partial charge in [-0.2, -0.15) is 0 Å². The molecule has 0 fully saturated rings. The van der Waals surface area contributed by atoms with Crippen molar-refractivity contribution in [3.8, 4) is 0 Å². The lowest BCUT2D eigenvalue weighted by Gasteiger charge is -2.27. The molecule has 0 saturated heterocycles. The summed E-state index contributed by atoms with van der Waals surface area (Å²) in [7, 11) is 2.24. The highest BCUT2D eigenvalue weighted by atomic mass is 15.1. The van der Waals surface area contributed by atoms with Gasteiger partial charge < -0.3 is 4.90 Å². The molecule has 0 aromatic carbocycles. The van der Waals surface area contributed by atoms with Gasteiger partial charge in [-0.1, -0.05) is 33.6 Å². The molecule has 0 saturated carbocycles. The normalized spacial score (nSPS) is 14.2. The van der Waals surface area contributed by atoms with Crippen molar-refractivity contribution in [3.63, 3.8) is 0 Å². The van der Waals surface area contributed by atoms with Gasteiger partial charge in [0.25, 0.3) is 0 Å². The van der Waals surface area contributed by atoms with E-state index < -0.39 is 0 Å². The van der Waals surface area contributed by atoms with E-state index in [1.807, 2.05) is 0 Å². The Labute approximate surface area is 78.1 Å².